The van der Waals surface area contributed by atoms with E-state index >= 15 is 0 Å². The van der Waals surface area contributed by atoms with Crippen molar-refractivity contribution in [1.29, 1.82) is 0 Å². The van der Waals surface area contributed by atoms with Crippen LogP contribution in [0.4, 0.5) is 0 Å². The van der Waals surface area contributed by atoms with Gasteiger partial charge in [0.1, 0.15) is 0 Å². The fourth-order valence-electron chi connectivity index (χ4n) is 2.64. The number of hydrogen-bond donors (Lipinski definition) is 2. The van der Waals surface area contributed by atoms with Crippen molar-refractivity contribution in [3.05, 3.63) is 23.8 Å². The van der Waals surface area contributed by atoms with Crippen molar-refractivity contribution >= 4 is 0 Å². The van der Waals surface area contributed by atoms with Crippen molar-refractivity contribution in [1.82, 2.24) is 5.32 Å². The summed E-state index contributed by atoms with van der Waals surface area (Å²) in [4.78, 5) is 0. The summed E-state index contributed by atoms with van der Waals surface area (Å²) in [5.41, 5.74) is 0.181. The van der Waals surface area contributed by atoms with Gasteiger partial charge >= 0.3 is 0 Å². The topological polar surface area (TPSA) is 50.7 Å². The van der Waals surface area contributed by atoms with Crippen LogP contribution in [0, 0.1) is 0 Å². The van der Waals surface area contributed by atoms with Gasteiger partial charge in [-0.15, -0.1) is 0 Å². The molecule has 0 aromatic heterocycles. The Kier molecular flexibility index (Phi) is 2.54. The standard InChI is InChI=1S/C14H19NO3/c1-13(2)17-11-4-3-10(9-12(11)18-13)14(16)5-7-15-8-6-14/h3-4,9,15-16H,5-8H2,1-2H3. The molecule has 2 N–H and O–H groups in total. The molecule has 0 bridgehead atoms. The summed E-state index contributed by atoms with van der Waals surface area (Å²) >= 11 is 0. The molecular formula is C14H19NO3. The van der Waals surface area contributed by atoms with Crippen LogP contribution in [0.25, 0.3) is 0 Å². The molecule has 18 heavy (non-hydrogen) atoms. The van der Waals surface area contributed by atoms with Gasteiger partial charge in [0.15, 0.2) is 11.5 Å². The van der Waals surface area contributed by atoms with Crippen molar-refractivity contribution in [2.45, 2.75) is 38.1 Å². The highest BCUT2D eigenvalue weighted by Gasteiger charge is 2.36. The Morgan fingerprint density at radius 1 is 1.11 bits per heavy atom. The maximum absolute atomic E-state index is 10.7. The summed E-state index contributed by atoms with van der Waals surface area (Å²) in [6.45, 7) is 5.45. The van der Waals surface area contributed by atoms with Crippen molar-refractivity contribution < 1.29 is 14.6 Å². The van der Waals surface area contributed by atoms with Crippen LogP contribution >= 0.6 is 0 Å². The molecule has 0 atom stereocenters. The average molecular weight is 249 g/mol. The molecule has 98 valence electrons. The fraction of sp³-hybridized carbons (Fsp3) is 0.571. The summed E-state index contributed by atoms with van der Waals surface area (Å²) in [7, 11) is 0. The van der Waals surface area contributed by atoms with Crippen LogP contribution in [0.1, 0.15) is 32.3 Å². The molecule has 1 aromatic carbocycles. The Bertz CT molecular complexity index is 464. The number of piperidine rings is 1. The lowest BCUT2D eigenvalue weighted by molar-refractivity contribution is -0.0434. The van der Waals surface area contributed by atoms with E-state index < -0.39 is 11.4 Å². The van der Waals surface area contributed by atoms with E-state index in [4.69, 9.17) is 9.47 Å². The van der Waals surface area contributed by atoms with E-state index in [1.54, 1.807) is 0 Å². The fourth-order valence-corrected chi connectivity index (χ4v) is 2.64. The average Bonchev–Trinajstić information content (AvgIpc) is 2.62. The molecular weight excluding hydrogens is 230 g/mol. The van der Waals surface area contributed by atoms with Gasteiger partial charge in [-0.25, -0.2) is 0 Å². The zero-order valence-electron chi connectivity index (χ0n) is 10.8. The van der Waals surface area contributed by atoms with Crippen molar-refractivity contribution in [2.24, 2.45) is 0 Å². The van der Waals surface area contributed by atoms with E-state index in [0.29, 0.717) is 0 Å². The molecule has 0 saturated carbocycles. The molecule has 3 rings (SSSR count). The number of nitrogens with one attached hydrogen (secondary N) is 1. The molecule has 2 aliphatic heterocycles. The Hall–Kier alpha value is -1.26. The normalized spacial score (nSPS) is 23.9. The smallest absolute Gasteiger partial charge is 0.246 e. The van der Waals surface area contributed by atoms with E-state index in [1.165, 1.54) is 0 Å². The minimum atomic E-state index is -0.740. The third-order valence-corrected chi connectivity index (χ3v) is 3.62. The van der Waals surface area contributed by atoms with Gasteiger partial charge in [-0.1, -0.05) is 6.07 Å². The van der Waals surface area contributed by atoms with Crippen molar-refractivity contribution in [3.63, 3.8) is 0 Å². The molecule has 4 nitrogen and oxygen atoms in total. The SMILES string of the molecule is CC1(C)Oc2ccc(C3(O)CCNCC3)cc2O1. The van der Waals surface area contributed by atoms with E-state index in [0.717, 1.165) is 43.0 Å². The van der Waals surface area contributed by atoms with Gasteiger partial charge in [-0.2, -0.15) is 0 Å². The summed E-state index contributed by atoms with van der Waals surface area (Å²) in [5, 5.41) is 13.9. The van der Waals surface area contributed by atoms with E-state index in [-0.39, 0.29) is 0 Å². The van der Waals surface area contributed by atoms with E-state index in [9.17, 15) is 5.11 Å². The molecule has 1 fully saturated rings. The zero-order valence-corrected chi connectivity index (χ0v) is 10.8. The number of hydrogen-bond acceptors (Lipinski definition) is 4. The first-order valence-corrected chi connectivity index (χ1v) is 6.44. The first-order chi connectivity index (χ1) is 8.49. The first kappa shape index (κ1) is 11.8. The van der Waals surface area contributed by atoms with Gasteiger partial charge in [0.25, 0.3) is 0 Å². The predicted molar refractivity (Wildman–Crippen MR) is 67.8 cm³/mol. The highest BCUT2D eigenvalue weighted by molar-refractivity contribution is 5.47. The summed E-state index contributed by atoms with van der Waals surface area (Å²) < 4.78 is 11.4. The Balaban J connectivity index is 1.92. The molecule has 0 aliphatic carbocycles. The maximum Gasteiger partial charge on any atom is 0.246 e. The van der Waals surface area contributed by atoms with Crippen LogP contribution in [-0.2, 0) is 5.60 Å². The van der Waals surface area contributed by atoms with Crippen LogP contribution in [0.5, 0.6) is 11.5 Å². The minimum absolute atomic E-state index is 0.613. The summed E-state index contributed by atoms with van der Waals surface area (Å²) in [6, 6.07) is 5.74. The van der Waals surface area contributed by atoms with Gasteiger partial charge in [-0.3, -0.25) is 0 Å². The van der Waals surface area contributed by atoms with Crippen molar-refractivity contribution in [3.8, 4) is 11.5 Å². The number of ether oxygens (including phenoxy) is 2. The minimum Gasteiger partial charge on any atom is -0.449 e. The van der Waals surface area contributed by atoms with Crippen LogP contribution in [0.3, 0.4) is 0 Å². The number of rotatable bonds is 1. The van der Waals surface area contributed by atoms with Gasteiger partial charge in [0.05, 0.1) is 5.60 Å². The molecule has 2 aliphatic rings. The lowest BCUT2D eigenvalue weighted by atomic mass is 9.85. The summed E-state index contributed by atoms with van der Waals surface area (Å²) in [6.07, 6.45) is 1.46. The second-order valence-electron chi connectivity index (χ2n) is 5.55. The molecule has 4 heteroatoms. The maximum atomic E-state index is 10.7. The van der Waals surface area contributed by atoms with E-state index in [1.807, 2.05) is 32.0 Å². The number of benzene rings is 1. The predicted octanol–water partition coefficient (Wildman–Crippen LogP) is 1.76. The third-order valence-electron chi connectivity index (χ3n) is 3.62. The Morgan fingerprint density at radius 2 is 1.78 bits per heavy atom. The molecule has 0 radical (unpaired) electrons. The second kappa shape index (κ2) is 3.87. The van der Waals surface area contributed by atoms with Crippen LogP contribution in [-0.4, -0.2) is 24.0 Å². The largest absolute Gasteiger partial charge is 0.449 e. The van der Waals surface area contributed by atoms with Crippen LogP contribution < -0.4 is 14.8 Å². The highest BCUT2D eigenvalue weighted by atomic mass is 16.7. The van der Waals surface area contributed by atoms with Gasteiger partial charge < -0.3 is 19.9 Å². The summed E-state index contributed by atoms with van der Waals surface area (Å²) in [5.74, 6) is 0.864. The molecule has 0 amide bonds. The Morgan fingerprint density at radius 3 is 2.50 bits per heavy atom. The van der Waals surface area contributed by atoms with Crippen molar-refractivity contribution in [2.75, 3.05) is 13.1 Å². The molecule has 2 heterocycles. The lowest BCUT2D eigenvalue weighted by Crippen LogP contribution is -2.39. The lowest BCUT2D eigenvalue weighted by Gasteiger charge is -2.33. The van der Waals surface area contributed by atoms with Crippen LogP contribution in [0.15, 0.2) is 18.2 Å². The quantitative estimate of drug-likeness (QED) is 0.796. The van der Waals surface area contributed by atoms with Crippen LogP contribution in [0.2, 0.25) is 0 Å². The number of aliphatic hydroxyl groups is 1. The highest BCUT2D eigenvalue weighted by Crippen LogP contribution is 2.42. The number of fused-ring (bicyclic) bond motifs is 1. The second-order valence-corrected chi connectivity index (χ2v) is 5.55. The molecule has 1 saturated heterocycles. The van der Waals surface area contributed by atoms with E-state index in [2.05, 4.69) is 5.32 Å². The van der Waals surface area contributed by atoms with Gasteiger partial charge in [-0.05, 0) is 43.6 Å². The molecule has 1 aromatic rings. The molecule has 0 unspecified atom stereocenters. The van der Waals surface area contributed by atoms with Gasteiger partial charge in [0, 0.05) is 13.8 Å². The molecule has 0 spiro atoms. The Labute approximate surface area is 107 Å². The third kappa shape index (κ3) is 1.95. The first-order valence-electron chi connectivity index (χ1n) is 6.44. The zero-order chi connectivity index (χ0) is 12.8. The van der Waals surface area contributed by atoms with Gasteiger partial charge in [0.2, 0.25) is 5.79 Å². The monoisotopic (exact) mass is 249 g/mol.